The summed E-state index contributed by atoms with van der Waals surface area (Å²) in [7, 11) is -3.92. The molecule has 0 atom stereocenters. The largest absolute Gasteiger partial charge is 0.218 e. The molecular weight excluding hydrogens is 453 g/mol. The maximum Gasteiger partial charge on any atom is 0.217 e. The molecule has 0 aromatic heterocycles. The highest BCUT2D eigenvalue weighted by Gasteiger charge is 2.23. The van der Waals surface area contributed by atoms with E-state index in [4.69, 9.17) is 11.6 Å². The highest BCUT2D eigenvalue weighted by atomic mass is 79.9. The van der Waals surface area contributed by atoms with Crippen LogP contribution in [0.1, 0.15) is 5.56 Å². The standard InChI is InChI=1S/C15H8Br2ClNO2S/c16-11-3-6-14(17)15(8-11)22(20,21)13(9-19)7-10-1-4-12(18)5-2-10/h1-8H/b13-7+. The average molecular weight is 462 g/mol. The van der Waals surface area contributed by atoms with Gasteiger partial charge in [-0.1, -0.05) is 39.7 Å². The van der Waals surface area contributed by atoms with E-state index in [1.165, 1.54) is 12.1 Å². The van der Waals surface area contributed by atoms with Crippen LogP contribution in [-0.2, 0) is 9.84 Å². The molecule has 0 saturated carbocycles. The Labute approximate surface area is 150 Å². The second kappa shape index (κ2) is 6.97. The van der Waals surface area contributed by atoms with Crippen molar-refractivity contribution in [2.75, 3.05) is 0 Å². The third-order valence-corrected chi connectivity index (χ3v) is 6.15. The summed E-state index contributed by atoms with van der Waals surface area (Å²) in [4.78, 5) is -0.308. The highest BCUT2D eigenvalue weighted by Crippen LogP contribution is 2.30. The second-order valence-electron chi connectivity index (χ2n) is 4.25. The highest BCUT2D eigenvalue weighted by molar-refractivity contribution is 9.11. The molecule has 0 aliphatic rings. The first-order valence-electron chi connectivity index (χ1n) is 5.92. The number of benzene rings is 2. The number of nitrogens with zero attached hydrogens (tertiary/aromatic N) is 1. The minimum Gasteiger partial charge on any atom is -0.218 e. The van der Waals surface area contributed by atoms with Gasteiger partial charge in [-0.2, -0.15) is 5.26 Å². The van der Waals surface area contributed by atoms with E-state index in [1.54, 1.807) is 42.5 Å². The van der Waals surface area contributed by atoms with E-state index in [9.17, 15) is 13.7 Å². The van der Waals surface area contributed by atoms with E-state index in [0.717, 1.165) is 0 Å². The van der Waals surface area contributed by atoms with Crippen LogP contribution in [0.4, 0.5) is 0 Å². The topological polar surface area (TPSA) is 57.9 Å². The van der Waals surface area contributed by atoms with Crippen LogP contribution >= 0.6 is 43.5 Å². The molecular formula is C15H8Br2ClNO2S. The van der Waals surface area contributed by atoms with Crippen LogP contribution in [0.15, 0.2) is 61.2 Å². The molecule has 3 nitrogen and oxygen atoms in total. The fraction of sp³-hybridized carbons (Fsp3) is 0. The fourth-order valence-corrected chi connectivity index (χ4v) is 4.46. The molecule has 0 radical (unpaired) electrons. The molecule has 2 rings (SSSR count). The van der Waals surface area contributed by atoms with Gasteiger partial charge in [0, 0.05) is 14.0 Å². The molecule has 7 heteroatoms. The number of nitriles is 1. The predicted octanol–water partition coefficient (Wildman–Crippen LogP) is 5.20. The summed E-state index contributed by atoms with van der Waals surface area (Å²) in [5.41, 5.74) is 0.579. The molecule has 22 heavy (non-hydrogen) atoms. The average Bonchev–Trinajstić information content (AvgIpc) is 2.48. The molecule has 0 bridgehead atoms. The molecule has 0 aliphatic carbocycles. The number of rotatable bonds is 3. The third-order valence-electron chi connectivity index (χ3n) is 2.75. The first kappa shape index (κ1) is 17.2. The smallest absolute Gasteiger partial charge is 0.217 e. The first-order valence-corrected chi connectivity index (χ1v) is 9.37. The van der Waals surface area contributed by atoms with Crippen LogP contribution < -0.4 is 0 Å². The maximum atomic E-state index is 12.6. The van der Waals surface area contributed by atoms with Gasteiger partial charge in [0.15, 0.2) is 0 Å². The zero-order chi connectivity index (χ0) is 16.3. The molecule has 2 aromatic rings. The number of sulfone groups is 1. The van der Waals surface area contributed by atoms with Crippen LogP contribution in [0.2, 0.25) is 5.02 Å². The van der Waals surface area contributed by atoms with Crippen molar-refractivity contribution >= 4 is 59.4 Å². The predicted molar refractivity (Wildman–Crippen MR) is 94.1 cm³/mol. The number of halogens is 3. The zero-order valence-corrected chi connectivity index (χ0v) is 15.7. The van der Waals surface area contributed by atoms with Crippen molar-refractivity contribution in [2.45, 2.75) is 4.90 Å². The first-order chi connectivity index (χ1) is 10.3. The SMILES string of the molecule is N#C/C(=C\c1ccc(Cl)cc1)S(=O)(=O)c1cc(Br)ccc1Br. The van der Waals surface area contributed by atoms with Gasteiger partial charge in [-0.15, -0.1) is 0 Å². The molecule has 112 valence electrons. The summed E-state index contributed by atoms with van der Waals surface area (Å²) in [5, 5.41) is 9.78. The maximum absolute atomic E-state index is 12.6. The van der Waals surface area contributed by atoms with Gasteiger partial charge in [0.2, 0.25) is 9.84 Å². The molecule has 0 unspecified atom stereocenters. The van der Waals surface area contributed by atoms with Gasteiger partial charge in [0.1, 0.15) is 11.0 Å². The molecule has 2 aromatic carbocycles. The fourth-order valence-electron chi connectivity index (χ4n) is 1.68. The van der Waals surface area contributed by atoms with Gasteiger partial charge in [0.25, 0.3) is 0 Å². The van der Waals surface area contributed by atoms with Gasteiger partial charge in [0.05, 0.1) is 4.90 Å². The molecule has 0 heterocycles. The lowest BCUT2D eigenvalue weighted by Crippen LogP contribution is -2.04. The van der Waals surface area contributed by atoms with Gasteiger partial charge in [-0.3, -0.25) is 0 Å². The Kier molecular flexibility index (Phi) is 5.45. The Morgan fingerprint density at radius 1 is 1.14 bits per heavy atom. The summed E-state index contributed by atoms with van der Waals surface area (Å²) in [5.74, 6) is 0. The normalized spacial score (nSPS) is 12.0. The third kappa shape index (κ3) is 3.79. The minimum absolute atomic E-state index is 0.0311. The Balaban J connectivity index is 2.57. The van der Waals surface area contributed by atoms with Crippen molar-refractivity contribution in [3.63, 3.8) is 0 Å². The summed E-state index contributed by atoms with van der Waals surface area (Å²) >= 11 is 12.2. The van der Waals surface area contributed by atoms with E-state index >= 15 is 0 Å². The Morgan fingerprint density at radius 2 is 1.77 bits per heavy atom. The van der Waals surface area contributed by atoms with Crippen LogP contribution in [-0.4, -0.2) is 8.42 Å². The Morgan fingerprint density at radius 3 is 2.36 bits per heavy atom. The van der Waals surface area contributed by atoms with Gasteiger partial charge in [-0.25, -0.2) is 8.42 Å². The number of allylic oxidation sites excluding steroid dienone is 1. The summed E-state index contributed by atoms with van der Waals surface area (Å²) < 4.78 is 26.3. The number of hydrogen-bond acceptors (Lipinski definition) is 3. The Bertz CT molecular complexity index is 885. The zero-order valence-electron chi connectivity index (χ0n) is 10.9. The molecule has 0 amide bonds. The lowest BCUT2D eigenvalue weighted by molar-refractivity contribution is 0.603. The van der Waals surface area contributed by atoms with Gasteiger partial charge >= 0.3 is 0 Å². The van der Waals surface area contributed by atoms with Crippen LogP contribution in [0, 0.1) is 11.3 Å². The molecule has 0 N–H and O–H groups in total. The molecule has 0 spiro atoms. The van der Waals surface area contributed by atoms with Crippen molar-refractivity contribution in [1.29, 1.82) is 5.26 Å². The summed E-state index contributed by atoms with van der Waals surface area (Å²) in [6, 6.07) is 13.1. The van der Waals surface area contributed by atoms with Gasteiger partial charge < -0.3 is 0 Å². The molecule has 0 fully saturated rings. The summed E-state index contributed by atoms with van der Waals surface area (Å²) in [6.45, 7) is 0. The quantitative estimate of drug-likeness (QED) is 0.590. The lowest BCUT2D eigenvalue weighted by atomic mass is 10.2. The molecule has 0 aliphatic heterocycles. The van der Waals surface area contributed by atoms with E-state index in [1.807, 2.05) is 0 Å². The van der Waals surface area contributed by atoms with Crippen molar-refractivity contribution < 1.29 is 8.42 Å². The Hall–Kier alpha value is -1.13. The van der Waals surface area contributed by atoms with Crippen LogP contribution in [0.3, 0.4) is 0 Å². The van der Waals surface area contributed by atoms with E-state index < -0.39 is 9.84 Å². The van der Waals surface area contributed by atoms with Crippen molar-refractivity contribution in [1.82, 2.24) is 0 Å². The van der Waals surface area contributed by atoms with Crippen molar-refractivity contribution in [3.05, 3.63) is 66.9 Å². The van der Waals surface area contributed by atoms with E-state index in [-0.39, 0.29) is 9.80 Å². The van der Waals surface area contributed by atoms with Crippen LogP contribution in [0.25, 0.3) is 6.08 Å². The minimum atomic E-state index is -3.92. The summed E-state index contributed by atoms with van der Waals surface area (Å²) in [6.07, 6.45) is 1.32. The lowest BCUT2D eigenvalue weighted by Gasteiger charge is -2.06. The monoisotopic (exact) mass is 459 g/mol. The van der Waals surface area contributed by atoms with Crippen molar-refractivity contribution in [3.8, 4) is 6.07 Å². The molecule has 0 saturated heterocycles. The van der Waals surface area contributed by atoms with E-state index in [0.29, 0.717) is 19.5 Å². The van der Waals surface area contributed by atoms with Crippen LogP contribution in [0.5, 0.6) is 0 Å². The van der Waals surface area contributed by atoms with Crippen molar-refractivity contribution in [2.24, 2.45) is 0 Å². The number of hydrogen-bond donors (Lipinski definition) is 0. The second-order valence-corrected chi connectivity index (χ2v) is 8.34. The van der Waals surface area contributed by atoms with Gasteiger partial charge in [-0.05, 0) is 57.9 Å². The van der Waals surface area contributed by atoms with E-state index in [2.05, 4.69) is 31.9 Å².